The molecule has 12 heavy (non-hydrogen) atoms. The van der Waals surface area contributed by atoms with Crippen LogP contribution in [0.4, 0.5) is 0 Å². The van der Waals surface area contributed by atoms with Gasteiger partial charge in [-0.3, -0.25) is 4.99 Å². The van der Waals surface area contributed by atoms with E-state index in [1.807, 2.05) is 11.0 Å². The monoisotopic (exact) mass is 166 g/mol. The number of amidine groups is 1. The molecule has 1 aliphatic heterocycles. The molecule has 66 valence electrons. The largest absolute Gasteiger partial charge is 0.511 e. The molecule has 0 amide bonds. The fraction of sp³-hybridized carbons (Fsp3) is 0.444. The molecule has 1 rings (SSSR count). The molecule has 0 spiro atoms. The van der Waals surface area contributed by atoms with Gasteiger partial charge >= 0.3 is 0 Å². The van der Waals surface area contributed by atoms with Crippen LogP contribution in [0.15, 0.2) is 30.0 Å². The second kappa shape index (κ2) is 3.95. The van der Waals surface area contributed by atoms with Crippen LogP contribution in [0.2, 0.25) is 0 Å². The maximum Gasteiger partial charge on any atom is 0.104 e. The molecule has 1 N–H and O–H groups in total. The Morgan fingerprint density at radius 1 is 1.75 bits per heavy atom. The van der Waals surface area contributed by atoms with E-state index < -0.39 is 0 Å². The Hall–Kier alpha value is -1.25. The van der Waals surface area contributed by atoms with Gasteiger partial charge in [-0.15, -0.1) is 6.58 Å². The van der Waals surface area contributed by atoms with Gasteiger partial charge in [-0.25, -0.2) is 0 Å². The molecule has 1 heterocycles. The molecular formula is C9H14N2O. The molecule has 0 bridgehead atoms. The zero-order valence-corrected chi connectivity index (χ0v) is 7.16. The molecule has 0 aliphatic carbocycles. The summed E-state index contributed by atoms with van der Waals surface area (Å²) in [7, 11) is 0. The summed E-state index contributed by atoms with van der Waals surface area (Å²) in [6.07, 6.45) is 2.59. The fourth-order valence-electron chi connectivity index (χ4n) is 1.24. The molecule has 0 saturated heterocycles. The number of aliphatic imine (C=N–C) groups is 1. The van der Waals surface area contributed by atoms with Crippen LogP contribution in [-0.2, 0) is 0 Å². The highest BCUT2D eigenvalue weighted by molar-refractivity contribution is 5.85. The van der Waals surface area contributed by atoms with E-state index in [-0.39, 0.29) is 5.76 Å². The summed E-state index contributed by atoms with van der Waals surface area (Å²) in [6.45, 7) is 9.28. The minimum Gasteiger partial charge on any atom is -0.511 e. The second-order valence-electron chi connectivity index (χ2n) is 2.78. The Bertz CT molecular complexity index is 221. The van der Waals surface area contributed by atoms with E-state index in [4.69, 9.17) is 5.11 Å². The number of hydrogen-bond donors (Lipinski definition) is 1. The molecule has 0 radical (unpaired) electrons. The van der Waals surface area contributed by atoms with Crippen molar-refractivity contribution in [2.45, 2.75) is 6.42 Å². The van der Waals surface area contributed by atoms with E-state index >= 15 is 0 Å². The van der Waals surface area contributed by atoms with Crippen LogP contribution in [0.5, 0.6) is 0 Å². The van der Waals surface area contributed by atoms with Crippen LogP contribution >= 0.6 is 0 Å². The third kappa shape index (κ3) is 2.12. The molecular weight excluding hydrogens is 152 g/mol. The molecule has 1 aliphatic rings. The Morgan fingerprint density at radius 2 is 2.50 bits per heavy atom. The van der Waals surface area contributed by atoms with E-state index in [9.17, 15) is 0 Å². The summed E-state index contributed by atoms with van der Waals surface area (Å²) >= 11 is 0. The van der Waals surface area contributed by atoms with E-state index in [1.165, 1.54) is 0 Å². The summed E-state index contributed by atoms with van der Waals surface area (Å²) < 4.78 is 0. The van der Waals surface area contributed by atoms with E-state index in [0.29, 0.717) is 6.54 Å². The van der Waals surface area contributed by atoms with Gasteiger partial charge in [0, 0.05) is 13.0 Å². The predicted octanol–water partition coefficient (Wildman–Crippen LogP) is 1.35. The third-order valence-electron chi connectivity index (χ3n) is 1.73. The molecule has 0 aromatic rings. The van der Waals surface area contributed by atoms with Crippen LogP contribution < -0.4 is 0 Å². The van der Waals surface area contributed by atoms with Crippen molar-refractivity contribution in [3.8, 4) is 0 Å². The Labute approximate surface area is 72.7 Å². The molecule has 0 aromatic carbocycles. The lowest BCUT2D eigenvalue weighted by Crippen LogP contribution is -2.29. The van der Waals surface area contributed by atoms with E-state index in [2.05, 4.69) is 18.2 Å². The number of aliphatic hydroxyl groups is 1. The Morgan fingerprint density at radius 3 is 3.08 bits per heavy atom. The highest BCUT2D eigenvalue weighted by atomic mass is 16.3. The van der Waals surface area contributed by atoms with Crippen molar-refractivity contribution in [2.24, 2.45) is 4.99 Å². The lowest BCUT2D eigenvalue weighted by Gasteiger charge is -2.18. The van der Waals surface area contributed by atoms with Crippen molar-refractivity contribution >= 4 is 5.84 Å². The zero-order chi connectivity index (χ0) is 8.97. The molecule has 3 heteroatoms. The van der Waals surface area contributed by atoms with Crippen molar-refractivity contribution in [3.63, 3.8) is 0 Å². The zero-order valence-electron chi connectivity index (χ0n) is 7.16. The first kappa shape index (κ1) is 8.84. The van der Waals surface area contributed by atoms with Gasteiger partial charge in [-0.1, -0.05) is 12.7 Å². The molecule has 3 nitrogen and oxygen atoms in total. The van der Waals surface area contributed by atoms with Gasteiger partial charge in [-0.05, 0) is 0 Å². The van der Waals surface area contributed by atoms with Gasteiger partial charge in [0.1, 0.15) is 11.6 Å². The quantitative estimate of drug-likeness (QED) is 0.505. The number of rotatable bonds is 4. The molecule has 0 unspecified atom stereocenters. The Balaban J connectivity index is 2.49. The first-order chi connectivity index (χ1) is 5.74. The maximum absolute atomic E-state index is 8.98. The van der Waals surface area contributed by atoms with Crippen molar-refractivity contribution in [1.82, 2.24) is 4.90 Å². The van der Waals surface area contributed by atoms with Crippen LogP contribution in [0, 0.1) is 0 Å². The van der Waals surface area contributed by atoms with Crippen LogP contribution in [0.25, 0.3) is 0 Å². The minimum absolute atomic E-state index is 0.189. The fourth-order valence-corrected chi connectivity index (χ4v) is 1.24. The van der Waals surface area contributed by atoms with Gasteiger partial charge in [-0.2, -0.15) is 0 Å². The maximum atomic E-state index is 8.98. The van der Waals surface area contributed by atoms with Gasteiger partial charge in [0.2, 0.25) is 0 Å². The smallest absolute Gasteiger partial charge is 0.104 e. The van der Waals surface area contributed by atoms with E-state index in [0.717, 1.165) is 25.3 Å². The minimum atomic E-state index is 0.189. The topological polar surface area (TPSA) is 35.8 Å². The summed E-state index contributed by atoms with van der Waals surface area (Å²) in [5, 5.41) is 8.98. The van der Waals surface area contributed by atoms with E-state index in [1.54, 1.807) is 0 Å². The molecule has 0 atom stereocenters. The highest BCUT2D eigenvalue weighted by Crippen LogP contribution is 2.06. The van der Waals surface area contributed by atoms with Crippen LogP contribution in [0.1, 0.15) is 6.42 Å². The first-order valence-corrected chi connectivity index (χ1v) is 4.00. The van der Waals surface area contributed by atoms with Crippen molar-refractivity contribution < 1.29 is 5.11 Å². The van der Waals surface area contributed by atoms with Gasteiger partial charge < -0.3 is 10.0 Å². The van der Waals surface area contributed by atoms with Gasteiger partial charge in [0.05, 0.1) is 13.1 Å². The summed E-state index contributed by atoms with van der Waals surface area (Å²) in [6, 6.07) is 0. The average molecular weight is 166 g/mol. The summed E-state index contributed by atoms with van der Waals surface area (Å²) in [5.41, 5.74) is 0. The molecule has 0 aromatic heterocycles. The lowest BCUT2D eigenvalue weighted by atomic mass is 10.3. The van der Waals surface area contributed by atoms with Gasteiger partial charge in [0.15, 0.2) is 0 Å². The second-order valence-corrected chi connectivity index (χ2v) is 2.78. The first-order valence-electron chi connectivity index (χ1n) is 4.00. The average Bonchev–Trinajstić information content (AvgIpc) is 2.37. The lowest BCUT2D eigenvalue weighted by molar-refractivity contribution is 0.344. The number of nitrogens with zero attached hydrogens (tertiary/aromatic N) is 2. The van der Waals surface area contributed by atoms with Crippen LogP contribution in [-0.4, -0.2) is 35.5 Å². The third-order valence-corrected chi connectivity index (χ3v) is 1.73. The normalized spacial score (nSPS) is 16.0. The number of hydrogen-bond acceptors (Lipinski definition) is 3. The summed E-state index contributed by atoms with van der Waals surface area (Å²) in [5.74, 6) is 1.19. The van der Waals surface area contributed by atoms with Gasteiger partial charge in [0.25, 0.3) is 0 Å². The van der Waals surface area contributed by atoms with Crippen molar-refractivity contribution in [2.75, 3.05) is 19.6 Å². The van der Waals surface area contributed by atoms with Crippen LogP contribution in [0.3, 0.4) is 0 Å². The highest BCUT2D eigenvalue weighted by Gasteiger charge is 2.15. The molecule has 0 fully saturated rings. The van der Waals surface area contributed by atoms with Crippen molar-refractivity contribution in [1.29, 1.82) is 0 Å². The van der Waals surface area contributed by atoms with Crippen molar-refractivity contribution in [3.05, 3.63) is 25.0 Å². The predicted molar refractivity (Wildman–Crippen MR) is 50.5 cm³/mol. The number of aliphatic hydroxyl groups excluding tert-OH is 1. The molecule has 0 saturated carbocycles. The Kier molecular flexibility index (Phi) is 2.91. The SMILES string of the molecule is C=CCC1=NCCN1CC(=C)O. The standard InChI is InChI=1S/C9H14N2O/c1-3-4-9-10-5-6-11(9)7-8(2)12/h3,12H,1-2,4-7H2. The summed E-state index contributed by atoms with van der Waals surface area (Å²) in [4.78, 5) is 6.30.